The Kier molecular flexibility index (Phi) is 7.67. The first-order valence-corrected chi connectivity index (χ1v) is 14.2. The van der Waals surface area contributed by atoms with Crippen LogP contribution in [-0.4, -0.2) is 67.9 Å². The summed E-state index contributed by atoms with van der Waals surface area (Å²) < 4.78 is 9.93. The Morgan fingerprint density at radius 1 is 1.00 bits per heavy atom. The summed E-state index contributed by atoms with van der Waals surface area (Å²) in [5.41, 5.74) is 8.35. The number of aryl methyl sites for hydroxylation is 2. The topological polar surface area (TPSA) is 85.4 Å². The molecule has 0 saturated carbocycles. The number of rotatable bonds is 9. The van der Waals surface area contributed by atoms with E-state index < -0.39 is 5.97 Å². The number of fused-ring (bicyclic) bond motifs is 1. The molecule has 8 heteroatoms. The van der Waals surface area contributed by atoms with Gasteiger partial charge in [-0.1, -0.05) is 49.4 Å². The van der Waals surface area contributed by atoms with Crippen molar-refractivity contribution in [1.29, 1.82) is 0 Å². The molecule has 3 heterocycles. The van der Waals surface area contributed by atoms with Crippen LogP contribution >= 0.6 is 0 Å². The van der Waals surface area contributed by atoms with Crippen molar-refractivity contribution in [3.05, 3.63) is 95.7 Å². The van der Waals surface area contributed by atoms with E-state index >= 15 is 0 Å². The van der Waals surface area contributed by atoms with Crippen molar-refractivity contribution in [2.24, 2.45) is 0 Å². The van der Waals surface area contributed by atoms with Gasteiger partial charge in [0.2, 0.25) is 0 Å². The van der Waals surface area contributed by atoms with Gasteiger partial charge in [0.25, 0.3) is 0 Å². The lowest BCUT2D eigenvalue weighted by molar-refractivity contribution is 0.0364. The zero-order valence-corrected chi connectivity index (χ0v) is 23.6. The van der Waals surface area contributed by atoms with E-state index in [0.29, 0.717) is 12.1 Å². The van der Waals surface area contributed by atoms with Crippen LogP contribution in [0.3, 0.4) is 0 Å². The molecule has 1 fully saturated rings. The molecule has 0 bridgehead atoms. The zero-order chi connectivity index (χ0) is 28.3. The zero-order valence-electron chi connectivity index (χ0n) is 23.6. The summed E-state index contributed by atoms with van der Waals surface area (Å²) in [7, 11) is 0. The van der Waals surface area contributed by atoms with Crippen molar-refractivity contribution in [3.8, 4) is 22.4 Å². The van der Waals surface area contributed by atoms with Gasteiger partial charge in [-0.2, -0.15) is 0 Å². The molecule has 2 aromatic heterocycles. The molecular weight excluding hydrogens is 514 g/mol. The number of hydrogen-bond donors (Lipinski definition) is 1. The maximum absolute atomic E-state index is 11.7. The monoisotopic (exact) mass is 549 g/mol. The highest BCUT2D eigenvalue weighted by Gasteiger charge is 2.16. The van der Waals surface area contributed by atoms with E-state index in [1.54, 1.807) is 12.1 Å². The van der Waals surface area contributed by atoms with Crippen molar-refractivity contribution in [2.75, 3.05) is 32.8 Å². The van der Waals surface area contributed by atoms with Crippen LogP contribution in [0.15, 0.2) is 73.2 Å². The van der Waals surface area contributed by atoms with Gasteiger partial charge >= 0.3 is 5.97 Å². The first-order valence-electron chi connectivity index (χ1n) is 14.2. The highest BCUT2D eigenvalue weighted by atomic mass is 16.5. The Labute approximate surface area is 239 Å². The minimum Gasteiger partial charge on any atom is -0.478 e. The standard InChI is InChI=1S/C33H35N5O3/c1-3-31-35-32-23(2)18-26(29-21-37(22-34-29)13-12-36-14-16-41-17-15-36)19-30(32)38(31)20-24-8-10-25(11-9-24)27-6-4-5-7-28(27)33(39)40/h4-11,18-19,21-22H,3,12-17,20H2,1-2H3,(H,39,40). The van der Waals surface area contributed by atoms with E-state index in [4.69, 9.17) is 14.7 Å². The quantitative estimate of drug-likeness (QED) is 0.261. The molecule has 3 aromatic carbocycles. The molecule has 5 aromatic rings. The van der Waals surface area contributed by atoms with Crippen LogP contribution in [0.1, 0.15) is 34.2 Å². The number of carboxylic acid groups (broad SMARTS) is 1. The Bertz CT molecular complexity index is 1680. The molecule has 0 amide bonds. The van der Waals surface area contributed by atoms with Gasteiger partial charge in [0.15, 0.2) is 0 Å². The van der Waals surface area contributed by atoms with E-state index in [1.165, 1.54) is 0 Å². The number of benzene rings is 3. The van der Waals surface area contributed by atoms with Crippen LogP contribution in [0.4, 0.5) is 0 Å². The molecule has 6 rings (SSSR count). The molecule has 0 spiro atoms. The molecule has 1 aliphatic rings. The van der Waals surface area contributed by atoms with Crippen LogP contribution in [-0.2, 0) is 24.2 Å². The molecule has 0 aliphatic carbocycles. The van der Waals surface area contributed by atoms with Gasteiger partial charge in [-0.05, 0) is 47.4 Å². The SMILES string of the molecule is CCc1nc2c(C)cc(-c3cn(CCN4CCOCC4)cn3)cc2n1Cc1ccc(-c2ccccc2C(=O)O)cc1. The second-order valence-corrected chi connectivity index (χ2v) is 10.6. The minimum atomic E-state index is -0.921. The molecular formula is C33H35N5O3. The molecule has 210 valence electrons. The summed E-state index contributed by atoms with van der Waals surface area (Å²) in [5, 5.41) is 9.60. The predicted molar refractivity (Wildman–Crippen MR) is 160 cm³/mol. The van der Waals surface area contributed by atoms with Crippen molar-refractivity contribution in [1.82, 2.24) is 24.0 Å². The van der Waals surface area contributed by atoms with Gasteiger partial charge < -0.3 is 19.0 Å². The molecule has 0 radical (unpaired) electrons. The number of carbonyl (C=O) groups is 1. The third-order valence-corrected chi connectivity index (χ3v) is 7.91. The molecule has 1 aliphatic heterocycles. The maximum Gasteiger partial charge on any atom is 0.336 e. The Morgan fingerprint density at radius 2 is 1.78 bits per heavy atom. The number of carboxylic acids is 1. The Morgan fingerprint density at radius 3 is 2.54 bits per heavy atom. The summed E-state index contributed by atoms with van der Waals surface area (Å²) in [6.07, 6.45) is 4.88. The molecule has 0 unspecified atom stereocenters. The van der Waals surface area contributed by atoms with E-state index in [9.17, 15) is 9.90 Å². The van der Waals surface area contributed by atoms with Crippen molar-refractivity contribution in [2.45, 2.75) is 33.4 Å². The highest BCUT2D eigenvalue weighted by molar-refractivity contribution is 5.96. The smallest absolute Gasteiger partial charge is 0.336 e. The summed E-state index contributed by atoms with van der Waals surface area (Å²) in [6, 6.07) is 19.7. The Balaban J connectivity index is 1.27. The summed E-state index contributed by atoms with van der Waals surface area (Å²) >= 11 is 0. The lowest BCUT2D eigenvalue weighted by Gasteiger charge is -2.26. The van der Waals surface area contributed by atoms with Crippen LogP contribution in [0, 0.1) is 6.92 Å². The third kappa shape index (κ3) is 5.66. The van der Waals surface area contributed by atoms with Crippen LogP contribution in [0.2, 0.25) is 0 Å². The normalized spacial score (nSPS) is 14.1. The maximum atomic E-state index is 11.7. The van der Waals surface area contributed by atoms with E-state index in [1.807, 2.05) is 30.6 Å². The average Bonchev–Trinajstić information content (AvgIpc) is 3.62. The number of hydrogen-bond acceptors (Lipinski definition) is 5. The number of aromatic nitrogens is 4. The van der Waals surface area contributed by atoms with E-state index in [0.717, 1.165) is 96.2 Å². The predicted octanol–water partition coefficient (Wildman–Crippen LogP) is 5.52. The van der Waals surface area contributed by atoms with Crippen molar-refractivity contribution < 1.29 is 14.6 Å². The molecule has 41 heavy (non-hydrogen) atoms. The number of imidazole rings is 2. The van der Waals surface area contributed by atoms with Gasteiger partial charge in [-0.15, -0.1) is 0 Å². The lowest BCUT2D eigenvalue weighted by atomic mass is 9.98. The summed E-state index contributed by atoms with van der Waals surface area (Å²) in [5.74, 6) is 0.117. The second-order valence-electron chi connectivity index (χ2n) is 10.6. The Hall–Kier alpha value is -4.27. The summed E-state index contributed by atoms with van der Waals surface area (Å²) in [6.45, 7) is 10.4. The van der Waals surface area contributed by atoms with Gasteiger partial charge in [-0.3, -0.25) is 4.90 Å². The highest BCUT2D eigenvalue weighted by Crippen LogP contribution is 2.29. The van der Waals surface area contributed by atoms with Gasteiger partial charge in [0.05, 0.1) is 41.8 Å². The molecule has 1 saturated heterocycles. The first kappa shape index (κ1) is 26.9. The van der Waals surface area contributed by atoms with E-state index in [-0.39, 0.29) is 0 Å². The van der Waals surface area contributed by atoms with Crippen LogP contribution in [0.25, 0.3) is 33.4 Å². The van der Waals surface area contributed by atoms with E-state index in [2.05, 4.69) is 58.3 Å². The molecule has 1 N–H and O–H groups in total. The number of aromatic carboxylic acids is 1. The number of morpholine rings is 1. The minimum absolute atomic E-state index is 0.306. The largest absolute Gasteiger partial charge is 0.478 e. The fraction of sp³-hybridized carbons (Fsp3) is 0.303. The van der Waals surface area contributed by atoms with Crippen molar-refractivity contribution >= 4 is 17.0 Å². The van der Waals surface area contributed by atoms with Crippen molar-refractivity contribution in [3.63, 3.8) is 0 Å². The third-order valence-electron chi connectivity index (χ3n) is 7.91. The van der Waals surface area contributed by atoms with Gasteiger partial charge in [-0.25, -0.2) is 14.8 Å². The van der Waals surface area contributed by atoms with Crippen LogP contribution in [0.5, 0.6) is 0 Å². The molecule has 0 atom stereocenters. The lowest BCUT2D eigenvalue weighted by Crippen LogP contribution is -2.38. The summed E-state index contributed by atoms with van der Waals surface area (Å²) in [4.78, 5) is 23.9. The number of ether oxygens (including phenoxy) is 1. The van der Waals surface area contributed by atoms with Gasteiger partial charge in [0.1, 0.15) is 5.82 Å². The molecule has 8 nitrogen and oxygen atoms in total. The fourth-order valence-corrected chi connectivity index (χ4v) is 5.64. The average molecular weight is 550 g/mol. The number of nitrogens with zero attached hydrogens (tertiary/aromatic N) is 5. The second kappa shape index (κ2) is 11.7. The fourth-order valence-electron chi connectivity index (χ4n) is 5.64. The first-order chi connectivity index (χ1) is 20.0. The van der Waals surface area contributed by atoms with Gasteiger partial charge in [0, 0.05) is 50.9 Å². The van der Waals surface area contributed by atoms with Crippen LogP contribution < -0.4 is 0 Å².